The van der Waals surface area contributed by atoms with Crippen LogP contribution < -0.4 is 16.4 Å². The van der Waals surface area contributed by atoms with E-state index >= 15 is 0 Å². The number of nitrogens with two attached hydrogens (primary N) is 1. The summed E-state index contributed by atoms with van der Waals surface area (Å²) in [6.07, 6.45) is -4.43. The third-order valence-electron chi connectivity index (χ3n) is 1.69. The van der Waals surface area contributed by atoms with Gasteiger partial charge in [0.25, 0.3) is 0 Å². The fraction of sp³-hybridized carbons (Fsp3) is 0.222. The SMILES string of the molecule is Nc1ccc(NC(=O)NCC(F)(F)F)c(Br)c1. The van der Waals surface area contributed by atoms with E-state index in [2.05, 4.69) is 21.2 Å². The average Bonchev–Trinajstić information content (AvgIpc) is 2.18. The molecule has 0 aliphatic rings. The Bertz CT molecular complexity index is 422. The second kappa shape index (κ2) is 5.26. The van der Waals surface area contributed by atoms with Crippen LogP contribution in [0, 0.1) is 0 Å². The Balaban J connectivity index is 2.57. The normalized spacial score (nSPS) is 11.1. The highest BCUT2D eigenvalue weighted by molar-refractivity contribution is 9.10. The molecule has 4 N–H and O–H groups in total. The maximum absolute atomic E-state index is 11.8. The standard InChI is InChI=1S/C9H9BrF3N3O/c10-6-3-5(14)1-2-7(6)16-8(17)15-4-9(11,12)13/h1-3H,4,14H2,(H2,15,16,17). The number of amides is 2. The zero-order chi connectivity index (χ0) is 13.1. The maximum Gasteiger partial charge on any atom is 0.405 e. The van der Waals surface area contributed by atoms with E-state index < -0.39 is 18.8 Å². The molecule has 94 valence electrons. The number of hydrogen-bond acceptors (Lipinski definition) is 2. The van der Waals surface area contributed by atoms with E-state index in [0.717, 1.165) is 0 Å². The Kier molecular flexibility index (Phi) is 4.22. The quantitative estimate of drug-likeness (QED) is 0.735. The van der Waals surface area contributed by atoms with Crippen molar-refractivity contribution in [3.8, 4) is 0 Å². The number of hydrogen-bond donors (Lipinski definition) is 3. The molecule has 1 aromatic carbocycles. The third kappa shape index (κ3) is 4.94. The van der Waals surface area contributed by atoms with Gasteiger partial charge in [0.1, 0.15) is 6.54 Å². The Morgan fingerprint density at radius 1 is 1.41 bits per heavy atom. The second-order valence-electron chi connectivity index (χ2n) is 3.16. The van der Waals surface area contributed by atoms with Gasteiger partial charge < -0.3 is 16.4 Å². The molecule has 8 heteroatoms. The van der Waals surface area contributed by atoms with E-state index in [0.29, 0.717) is 15.8 Å². The minimum absolute atomic E-state index is 0.332. The smallest absolute Gasteiger partial charge is 0.399 e. The lowest BCUT2D eigenvalue weighted by Crippen LogP contribution is -2.36. The molecule has 0 heterocycles. The predicted molar refractivity (Wildman–Crippen MR) is 61.6 cm³/mol. The van der Waals surface area contributed by atoms with Gasteiger partial charge in [0, 0.05) is 10.2 Å². The van der Waals surface area contributed by atoms with Gasteiger partial charge >= 0.3 is 12.2 Å². The monoisotopic (exact) mass is 311 g/mol. The zero-order valence-electron chi connectivity index (χ0n) is 8.44. The molecule has 0 unspecified atom stereocenters. The van der Waals surface area contributed by atoms with Gasteiger partial charge in [-0.15, -0.1) is 0 Å². The van der Waals surface area contributed by atoms with Crippen LogP contribution in [0.25, 0.3) is 0 Å². The van der Waals surface area contributed by atoms with E-state index in [4.69, 9.17) is 5.73 Å². The van der Waals surface area contributed by atoms with E-state index in [1.54, 1.807) is 5.32 Å². The van der Waals surface area contributed by atoms with Crippen LogP contribution >= 0.6 is 15.9 Å². The van der Waals surface area contributed by atoms with Gasteiger partial charge in [0.05, 0.1) is 5.69 Å². The molecule has 0 radical (unpaired) electrons. The summed E-state index contributed by atoms with van der Waals surface area (Å²) >= 11 is 3.12. The van der Waals surface area contributed by atoms with Crippen LogP contribution in [-0.2, 0) is 0 Å². The highest BCUT2D eigenvalue weighted by Crippen LogP contribution is 2.24. The van der Waals surface area contributed by atoms with Crippen LogP contribution in [0.3, 0.4) is 0 Å². The molecule has 0 fully saturated rings. The summed E-state index contributed by atoms with van der Waals surface area (Å²) in [4.78, 5) is 11.1. The number of urea groups is 1. The van der Waals surface area contributed by atoms with Gasteiger partial charge in [-0.3, -0.25) is 0 Å². The largest absolute Gasteiger partial charge is 0.405 e. The molecule has 0 saturated carbocycles. The number of anilines is 2. The lowest BCUT2D eigenvalue weighted by molar-refractivity contribution is -0.122. The first-order valence-electron chi connectivity index (χ1n) is 4.44. The number of nitrogen functional groups attached to an aromatic ring is 1. The van der Waals surface area contributed by atoms with Crippen LogP contribution in [0.15, 0.2) is 22.7 Å². The molecule has 1 rings (SSSR count). The van der Waals surface area contributed by atoms with Crippen LogP contribution in [-0.4, -0.2) is 18.8 Å². The Morgan fingerprint density at radius 3 is 2.59 bits per heavy atom. The number of carbonyl (C=O) groups excluding carboxylic acids is 1. The van der Waals surface area contributed by atoms with Gasteiger partial charge in [-0.05, 0) is 34.1 Å². The van der Waals surface area contributed by atoms with Crippen molar-refractivity contribution in [2.24, 2.45) is 0 Å². The predicted octanol–water partition coefficient (Wildman–Crippen LogP) is 2.72. The molecular weight excluding hydrogens is 303 g/mol. The van der Waals surface area contributed by atoms with E-state index in [9.17, 15) is 18.0 Å². The summed E-state index contributed by atoms with van der Waals surface area (Å²) < 4.78 is 35.9. The summed E-state index contributed by atoms with van der Waals surface area (Å²) in [6.45, 7) is -1.38. The van der Waals surface area contributed by atoms with Gasteiger partial charge in [-0.1, -0.05) is 0 Å². The summed E-state index contributed by atoms with van der Waals surface area (Å²) in [5, 5.41) is 3.94. The van der Waals surface area contributed by atoms with Crippen LogP contribution in [0.5, 0.6) is 0 Å². The Hall–Kier alpha value is -1.44. The summed E-state index contributed by atoms with van der Waals surface area (Å²) in [5.74, 6) is 0. The van der Waals surface area contributed by atoms with Gasteiger partial charge in [0.2, 0.25) is 0 Å². The van der Waals surface area contributed by atoms with Crippen molar-refractivity contribution in [1.82, 2.24) is 5.32 Å². The van der Waals surface area contributed by atoms with E-state index in [1.165, 1.54) is 18.2 Å². The molecule has 4 nitrogen and oxygen atoms in total. The first-order valence-corrected chi connectivity index (χ1v) is 5.24. The number of benzene rings is 1. The van der Waals surface area contributed by atoms with Crippen LogP contribution in [0.4, 0.5) is 29.3 Å². The number of nitrogens with one attached hydrogen (secondary N) is 2. The van der Waals surface area contributed by atoms with E-state index in [-0.39, 0.29) is 0 Å². The third-order valence-corrected chi connectivity index (χ3v) is 2.35. The zero-order valence-corrected chi connectivity index (χ0v) is 10.0. The number of rotatable bonds is 2. The summed E-state index contributed by atoms with van der Waals surface area (Å²) in [7, 11) is 0. The highest BCUT2D eigenvalue weighted by Gasteiger charge is 2.27. The van der Waals surface area contributed by atoms with Gasteiger partial charge in [0.15, 0.2) is 0 Å². The van der Waals surface area contributed by atoms with E-state index in [1.807, 2.05) is 0 Å². The first kappa shape index (κ1) is 13.6. The molecule has 0 aliphatic heterocycles. The van der Waals surface area contributed by atoms with Gasteiger partial charge in [-0.25, -0.2) is 4.79 Å². The Morgan fingerprint density at radius 2 is 2.06 bits per heavy atom. The lowest BCUT2D eigenvalue weighted by Gasteiger charge is -2.11. The molecule has 2 amide bonds. The summed E-state index contributed by atoms with van der Waals surface area (Å²) in [5.41, 5.74) is 6.27. The molecule has 0 bridgehead atoms. The van der Waals surface area contributed by atoms with Crippen LogP contribution in [0.1, 0.15) is 0 Å². The number of alkyl halides is 3. The molecule has 0 saturated heterocycles. The van der Waals surface area contributed by atoms with Crippen molar-refractivity contribution in [3.63, 3.8) is 0 Å². The van der Waals surface area contributed by atoms with Crippen molar-refractivity contribution < 1.29 is 18.0 Å². The van der Waals surface area contributed by atoms with Gasteiger partial charge in [-0.2, -0.15) is 13.2 Å². The lowest BCUT2D eigenvalue weighted by atomic mass is 10.3. The minimum Gasteiger partial charge on any atom is -0.399 e. The summed E-state index contributed by atoms with van der Waals surface area (Å²) in [6, 6.07) is 3.59. The fourth-order valence-electron chi connectivity index (χ4n) is 0.980. The molecular formula is C9H9BrF3N3O. The minimum atomic E-state index is -4.43. The number of halogens is 4. The van der Waals surface area contributed by atoms with Crippen LogP contribution in [0.2, 0.25) is 0 Å². The Labute approximate surface area is 103 Å². The number of carbonyl (C=O) groups is 1. The fourth-order valence-corrected chi connectivity index (χ4v) is 1.48. The van der Waals surface area contributed by atoms with Crippen molar-refractivity contribution in [3.05, 3.63) is 22.7 Å². The molecule has 1 aromatic rings. The highest BCUT2D eigenvalue weighted by atomic mass is 79.9. The maximum atomic E-state index is 11.8. The molecule has 0 aromatic heterocycles. The molecule has 0 spiro atoms. The van der Waals surface area contributed by atoms with Crippen molar-refractivity contribution in [1.29, 1.82) is 0 Å². The van der Waals surface area contributed by atoms with Crippen molar-refractivity contribution in [2.75, 3.05) is 17.6 Å². The molecule has 17 heavy (non-hydrogen) atoms. The van der Waals surface area contributed by atoms with Crippen molar-refractivity contribution in [2.45, 2.75) is 6.18 Å². The average molecular weight is 312 g/mol. The second-order valence-corrected chi connectivity index (χ2v) is 4.02. The molecule has 0 aliphatic carbocycles. The topological polar surface area (TPSA) is 67.1 Å². The molecule has 0 atom stereocenters. The van der Waals surface area contributed by atoms with Crippen molar-refractivity contribution >= 4 is 33.3 Å². The first-order chi connectivity index (χ1) is 7.78.